The molecule has 2 aliphatic carbocycles. The predicted molar refractivity (Wildman–Crippen MR) is 123 cm³/mol. The van der Waals surface area contributed by atoms with Crippen LogP contribution in [0.5, 0.6) is 0 Å². The molecule has 0 aliphatic heterocycles. The highest BCUT2D eigenvalue weighted by atomic mass is 32.1. The van der Waals surface area contributed by atoms with Crippen molar-refractivity contribution in [1.82, 2.24) is 0 Å². The van der Waals surface area contributed by atoms with Crippen molar-refractivity contribution in [2.75, 3.05) is 0 Å². The highest BCUT2D eigenvalue weighted by Crippen LogP contribution is 2.41. The average molecular weight is 415 g/mol. The second-order valence-corrected chi connectivity index (χ2v) is 9.98. The summed E-state index contributed by atoms with van der Waals surface area (Å²) < 4.78 is 0. The Hall–Kier alpha value is -2.41. The first-order valence-electron chi connectivity index (χ1n) is 10.2. The molecule has 0 saturated heterocycles. The summed E-state index contributed by atoms with van der Waals surface area (Å²) in [6.45, 7) is 1.86. The lowest BCUT2D eigenvalue weighted by Gasteiger charge is -2.35. The highest BCUT2D eigenvalue weighted by molar-refractivity contribution is 7.23. The lowest BCUT2D eigenvalue weighted by Crippen LogP contribution is -2.39. The normalized spacial score (nSPS) is 22.3. The van der Waals surface area contributed by atoms with Crippen LogP contribution in [0.2, 0.25) is 0 Å². The molecule has 3 unspecified atom stereocenters. The molecule has 0 bridgehead atoms. The van der Waals surface area contributed by atoms with Gasteiger partial charge in [0.2, 0.25) is 0 Å². The summed E-state index contributed by atoms with van der Waals surface area (Å²) in [7, 11) is 0. The number of rotatable bonds is 3. The highest BCUT2D eigenvalue weighted by Gasteiger charge is 2.36. The van der Waals surface area contributed by atoms with Crippen molar-refractivity contribution in [2.24, 2.45) is 17.8 Å². The summed E-state index contributed by atoms with van der Waals surface area (Å²) in [6.07, 6.45) is 8.08. The summed E-state index contributed by atoms with van der Waals surface area (Å²) in [5.74, 6) is 7.29. The van der Waals surface area contributed by atoms with E-state index in [2.05, 4.69) is 66.5 Å². The van der Waals surface area contributed by atoms with Crippen LogP contribution < -0.4 is 10.4 Å². The number of hydrogen-bond acceptors (Lipinski definition) is 3. The summed E-state index contributed by atoms with van der Waals surface area (Å²) in [5.41, 5.74) is 0. The van der Waals surface area contributed by atoms with Crippen molar-refractivity contribution in [1.29, 1.82) is 0 Å². The molecular weight excluding hydrogens is 392 g/mol. The third kappa shape index (κ3) is 3.52. The molecule has 1 fully saturated rings. The molecular formula is C26H22OS2. The second-order valence-electron chi connectivity index (χ2n) is 7.81. The van der Waals surface area contributed by atoms with Gasteiger partial charge in [-0.2, -0.15) is 0 Å². The van der Waals surface area contributed by atoms with Gasteiger partial charge in [0, 0.05) is 15.7 Å². The Morgan fingerprint density at radius 2 is 1.69 bits per heavy atom. The Balaban J connectivity index is 1.44. The van der Waals surface area contributed by atoms with Gasteiger partial charge < -0.3 is 0 Å². The van der Waals surface area contributed by atoms with E-state index in [1.165, 1.54) is 26.6 Å². The fourth-order valence-electron chi connectivity index (χ4n) is 4.70. The molecule has 0 radical (unpaired) electrons. The molecule has 5 rings (SSSR count). The van der Waals surface area contributed by atoms with E-state index in [0.717, 1.165) is 22.6 Å². The molecule has 2 heterocycles. The molecule has 3 atom stereocenters. The van der Waals surface area contributed by atoms with Gasteiger partial charge in [-0.1, -0.05) is 48.8 Å². The maximum Gasteiger partial charge on any atom is 0.176 e. The third-order valence-corrected chi connectivity index (χ3v) is 8.35. The van der Waals surface area contributed by atoms with Crippen molar-refractivity contribution in [2.45, 2.75) is 26.2 Å². The van der Waals surface area contributed by atoms with Crippen LogP contribution in [-0.4, -0.2) is 5.78 Å². The minimum atomic E-state index is 0.0923. The number of hydrogen-bond donors (Lipinski definition) is 0. The first-order chi connectivity index (χ1) is 14.2. The van der Waals surface area contributed by atoms with Crippen molar-refractivity contribution in [3.05, 3.63) is 68.7 Å². The predicted octanol–water partition coefficient (Wildman–Crippen LogP) is 5.34. The van der Waals surface area contributed by atoms with Crippen LogP contribution in [0.15, 0.2) is 48.5 Å². The number of ketones is 1. The van der Waals surface area contributed by atoms with E-state index in [1.54, 1.807) is 22.7 Å². The van der Waals surface area contributed by atoms with Crippen molar-refractivity contribution in [3.63, 3.8) is 0 Å². The smallest absolute Gasteiger partial charge is 0.176 e. The fraction of sp³-hybridized carbons (Fsp3) is 0.269. The van der Waals surface area contributed by atoms with E-state index in [4.69, 9.17) is 0 Å². The first kappa shape index (κ1) is 18.6. The maximum absolute atomic E-state index is 13.5. The van der Waals surface area contributed by atoms with E-state index in [9.17, 15) is 4.79 Å². The quantitative estimate of drug-likeness (QED) is 0.418. The SMILES string of the molecule is CC#Cc1ccc(-c2ccc(C(=O)C3CCCC4C=c5ccccc5=CC43)s2)s1. The molecule has 0 spiro atoms. The topological polar surface area (TPSA) is 17.1 Å². The van der Waals surface area contributed by atoms with Crippen molar-refractivity contribution < 1.29 is 4.79 Å². The van der Waals surface area contributed by atoms with Gasteiger partial charge in [-0.05, 0) is 66.3 Å². The number of benzene rings is 1. The molecule has 0 N–H and O–H groups in total. The van der Waals surface area contributed by atoms with Gasteiger partial charge in [-0.25, -0.2) is 0 Å². The molecule has 1 saturated carbocycles. The van der Waals surface area contributed by atoms with E-state index < -0.39 is 0 Å². The molecule has 1 nitrogen and oxygen atoms in total. The molecule has 3 heteroatoms. The van der Waals surface area contributed by atoms with Crippen LogP contribution in [-0.2, 0) is 0 Å². The minimum Gasteiger partial charge on any atom is -0.293 e. The minimum absolute atomic E-state index is 0.0923. The molecule has 0 amide bonds. The van der Waals surface area contributed by atoms with Crippen LogP contribution in [0.4, 0.5) is 0 Å². The lowest BCUT2D eigenvalue weighted by molar-refractivity contribution is 0.0844. The van der Waals surface area contributed by atoms with Gasteiger partial charge in [0.25, 0.3) is 0 Å². The van der Waals surface area contributed by atoms with Crippen LogP contribution >= 0.6 is 22.7 Å². The molecule has 144 valence electrons. The van der Waals surface area contributed by atoms with E-state index in [0.29, 0.717) is 17.6 Å². The molecule has 2 aliphatic rings. The van der Waals surface area contributed by atoms with Crippen molar-refractivity contribution in [3.8, 4) is 21.6 Å². The Labute approximate surface area is 179 Å². The largest absolute Gasteiger partial charge is 0.293 e. The van der Waals surface area contributed by atoms with Gasteiger partial charge >= 0.3 is 0 Å². The van der Waals surface area contributed by atoms with Crippen molar-refractivity contribution >= 4 is 40.6 Å². The zero-order valence-electron chi connectivity index (χ0n) is 16.4. The van der Waals surface area contributed by atoms with Crippen LogP contribution in [0.3, 0.4) is 0 Å². The maximum atomic E-state index is 13.5. The van der Waals surface area contributed by atoms with Crippen LogP contribution in [0, 0.1) is 29.6 Å². The summed E-state index contributed by atoms with van der Waals surface area (Å²) in [6, 6.07) is 16.9. The standard InChI is InChI=1S/C26H22OS2/c1-2-6-20-11-12-23(28-20)24-13-14-25(29-24)26(27)21-10-5-9-19-15-17-7-3-4-8-18(17)16-22(19)21/h3-4,7-8,11-16,19,21-22H,5,9-10H2,1H3. The second kappa shape index (κ2) is 7.78. The summed E-state index contributed by atoms with van der Waals surface area (Å²) in [5, 5.41) is 2.60. The van der Waals surface area contributed by atoms with Gasteiger partial charge in [-0.3, -0.25) is 4.79 Å². The zero-order chi connectivity index (χ0) is 19.8. The van der Waals surface area contributed by atoms with Gasteiger partial charge in [0.15, 0.2) is 5.78 Å². The van der Waals surface area contributed by atoms with Crippen LogP contribution in [0.25, 0.3) is 21.9 Å². The number of fused-ring (bicyclic) bond motifs is 2. The Morgan fingerprint density at radius 3 is 2.52 bits per heavy atom. The van der Waals surface area contributed by atoms with Gasteiger partial charge in [0.05, 0.1) is 9.75 Å². The Morgan fingerprint density at radius 1 is 0.931 bits per heavy atom. The first-order valence-corrected chi connectivity index (χ1v) is 11.8. The van der Waals surface area contributed by atoms with Gasteiger partial charge in [0.1, 0.15) is 0 Å². The number of carbonyl (C=O) groups is 1. The lowest BCUT2D eigenvalue weighted by atomic mass is 9.68. The fourth-order valence-corrected chi connectivity index (χ4v) is 6.71. The number of carbonyl (C=O) groups excluding carboxylic acids is 1. The van der Waals surface area contributed by atoms with E-state index >= 15 is 0 Å². The number of thiophene rings is 2. The molecule has 3 aromatic rings. The van der Waals surface area contributed by atoms with E-state index in [-0.39, 0.29) is 5.92 Å². The molecule has 29 heavy (non-hydrogen) atoms. The number of Topliss-reactive ketones (excluding diaryl/α,β-unsaturated/α-hetero) is 1. The third-order valence-electron chi connectivity index (χ3n) is 6.06. The van der Waals surface area contributed by atoms with Crippen LogP contribution in [0.1, 0.15) is 40.7 Å². The summed E-state index contributed by atoms with van der Waals surface area (Å²) in [4.78, 5) is 17.8. The van der Waals surface area contributed by atoms with E-state index in [1.807, 2.05) is 13.0 Å². The zero-order valence-corrected chi connectivity index (χ0v) is 18.0. The molecule has 1 aromatic carbocycles. The molecule has 2 aromatic heterocycles. The Kier molecular flexibility index (Phi) is 4.99. The monoisotopic (exact) mass is 414 g/mol. The van der Waals surface area contributed by atoms with Gasteiger partial charge in [-0.15, -0.1) is 28.6 Å². The summed E-state index contributed by atoms with van der Waals surface area (Å²) >= 11 is 3.33. The Bertz CT molecular complexity index is 1250. The average Bonchev–Trinajstić information content (AvgIpc) is 3.41.